The molecule has 2 aliphatic carbocycles. The number of allylic oxidation sites excluding steroid dienone is 2. The zero-order chi connectivity index (χ0) is 12.7. The summed E-state index contributed by atoms with van der Waals surface area (Å²) in [6, 6.07) is 7.77. The summed E-state index contributed by atoms with van der Waals surface area (Å²) >= 11 is 0. The molecule has 1 aromatic rings. The summed E-state index contributed by atoms with van der Waals surface area (Å²) in [4.78, 5) is 11.5. The van der Waals surface area contributed by atoms with Gasteiger partial charge in [0.1, 0.15) is 5.75 Å². The largest absolute Gasteiger partial charge is 0.496 e. The molecule has 1 fully saturated rings. The number of benzene rings is 1. The van der Waals surface area contributed by atoms with Gasteiger partial charge < -0.3 is 9.84 Å². The van der Waals surface area contributed by atoms with Gasteiger partial charge >= 0.3 is 5.97 Å². The van der Waals surface area contributed by atoms with Crippen molar-refractivity contribution in [2.24, 2.45) is 17.8 Å². The van der Waals surface area contributed by atoms with Crippen molar-refractivity contribution in [3.63, 3.8) is 0 Å². The Bertz CT molecular complexity index is 506. The average molecular weight is 244 g/mol. The van der Waals surface area contributed by atoms with E-state index in [4.69, 9.17) is 4.74 Å². The lowest BCUT2D eigenvalue weighted by Crippen LogP contribution is -2.26. The molecule has 3 nitrogen and oxygen atoms in total. The number of hydrogen-bond donors (Lipinski definition) is 1. The molecule has 1 saturated carbocycles. The van der Waals surface area contributed by atoms with Gasteiger partial charge in [0.2, 0.25) is 0 Å². The van der Waals surface area contributed by atoms with E-state index in [2.05, 4.69) is 12.2 Å². The van der Waals surface area contributed by atoms with Crippen LogP contribution in [-0.2, 0) is 4.79 Å². The summed E-state index contributed by atoms with van der Waals surface area (Å²) in [5, 5.41) is 9.46. The maximum atomic E-state index is 11.5. The predicted molar refractivity (Wildman–Crippen MR) is 67.6 cm³/mol. The Labute approximate surface area is 106 Å². The van der Waals surface area contributed by atoms with Crippen molar-refractivity contribution in [2.45, 2.75) is 12.3 Å². The minimum Gasteiger partial charge on any atom is -0.496 e. The van der Waals surface area contributed by atoms with Crippen LogP contribution < -0.4 is 4.74 Å². The molecule has 0 radical (unpaired) electrons. The molecule has 0 unspecified atom stereocenters. The standard InChI is InChI=1S/C15H16O3/c1-18-12-5-3-2-4-11(12)13-9-6-7-10(8-9)14(13)15(16)17/h2-7,9-10,13-14H,8H2,1H3,(H,16,17)/t9-,10+,13+,14-/m0/s1. The van der Waals surface area contributed by atoms with E-state index in [9.17, 15) is 9.90 Å². The van der Waals surface area contributed by atoms with E-state index in [1.54, 1.807) is 7.11 Å². The minimum absolute atomic E-state index is 0.0497. The van der Waals surface area contributed by atoms with Crippen LogP contribution in [0.25, 0.3) is 0 Å². The van der Waals surface area contributed by atoms with Crippen LogP contribution in [0.3, 0.4) is 0 Å². The van der Waals surface area contributed by atoms with E-state index >= 15 is 0 Å². The van der Waals surface area contributed by atoms with E-state index in [1.165, 1.54) is 0 Å². The summed E-state index contributed by atoms with van der Waals surface area (Å²) in [7, 11) is 1.64. The van der Waals surface area contributed by atoms with E-state index in [-0.39, 0.29) is 17.8 Å². The van der Waals surface area contributed by atoms with Crippen LogP contribution >= 0.6 is 0 Å². The molecule has 1 N–H and O–H groups in total. The van der Waals surface area contributed by atoms with Gasteiger partial charge in [0.15, 0.2) is 0 Å². The lowest BCUT2D eigenvalue weighted by Gasteiger charge is -2.26. The highest BCUT2D eigenvalue weighted by Gasteiger charge is 2.49. The topological polar surface area (TPSA) is 46.5 Å². The third kappa shape index (κ3) is 1.54. The number of ether oxygens (including phenoxy) is 1. The highest BCUT2D eigenvalue weighted by molar-refractivity contribution is 5.74. The van der Waals surface area contributed by atoms with Gasteiger partial charge in [-0.15, -0.1) is 0 Å². The number of rotatable bonds is 3. The molecule has 1 aromatic carbocycles. The van der Waals surface area contributed by atoms with Crippen molar-refractivity contribution in [3.8, 4) is 5.75 Å². The van der Waals surface area contributed by atoms with Crippen LogP contribution in [0.1, 0.15) is 17.9 Å². The van der Waals surface area contributed by atoms with Gasteiger partial charge in [0.25, 0.3) is 0 Å². The maximum absolute atomic E-state index is 11.5. The fraction of sp³-hybridized carbons (Fsp3) is 0.400. The zero-order valence-electron chi connectivity index (χ0n) is 10.2. The summed E-state index contributed by atoms with van der Waals surface area (Å²) in [6.45, 7) is 0. The van der Waals surface area contributed by atoms with Gasteiger partial charge in [0.05, 0.1) is 13.0 Å². The molecule has 0 aromatic heterocycles. The predicted octanol–water partition coefficient (Wildman–Crippen LogP) is 2.69. The maximum Gasteiger partial charge on any atom is 0.307 e. The molecule has 18 heavy (non-hydrogen) atoms. The van der Waals surface area contributed by atoms with Crippen LogP contribution in [0.2, 0.25) is 0 Å². The summed E-state index contributed by atoms with van der Waals surface area (Å²) in [6.07, 6.45) is 5.19. The van der Waals surface area contributed by atoms with Gasteiger partial charge in [-0.25, -0.2) is 0 Å². The van der Waals surface area contributed by atoms with Crippen LogP contribution in [0.4, 0.5) is 0 Å². The molecule has 94 valence electrons. The first-order valence-electron chi connectivity index (χ1n) is 6.26. The summed E-state index contributed by atoms with van der Waals surface area (Å²) in [5.74, 6) is 0.372. The molecular formula is C15H16O3. The Kier molecular flexibility index (Phi) is 2.62. The molecule has 0 aliphatic heterocycles. The number of hydrogen-bond acceptors (Lipinski definition) is 2. The van der Waals surface area contributed by atoms with Crippen LogP contribution in [0.5, 0.6) is 5.75 Å². The fourth-order valence-corrected chi connectivity index (χ4v) is 3.52. The van der Waals surface area contributed by atoms with E-state index in [1.807, 2.05) is 24.3 Å². The fourth-order valence-electron chi connectivity index (χ4n) is 3.52. The number of methoxy groups -OCH3 is 1. The Hall–Kier alpha value is -1.77. The second kappa shape index (κ2) is 4.16. The summed E-state index contributed by atoms with van der Waals surface area (Å²) < 4.78 is 5.38. The van der Waals surface area contributed by atoms with Crippen LogP contribution in [0, 0.1) is 17.8 Å². The molecule has 0 heterocycles. The Morgan fingerprint density at radius 3 is 2.72 bits per heavy atom. The highest BCUT2D eigenvalue weighted by Crippen LogP contribution is 2.54. The zero-order valence-corrected chi connectivity index (χ0v) is 10.2. The third-order valence-electron chi connectivity index (χ3n) is 4.24. The average Bonchev–Trinajstić information content (AvgIpc) is 2.98. The Morgan fingerprint density at radius 1 is 1.28 bits per heavy atom. The molecule has 0 saturated heterocycles. The number of aliphatic carboxylic acids is 1. The molecule has 2 aliphatic rings. The van der Waals surface area contributed by atoms with Crippen molar-refractivity contribution in [3.05, 3.63) is 42.0 Å². The van der Waals surface area contributed by atoms with Crippen molar-refractivity contribution in [2.75, 3.05) is 7.11 Å². The Morgan fingerprint density at radius 2 is 2.00 bits per heavy atom. The second-order valence-corrected chi connectivity index (χ2v) is 5.08. The molecule has 0 spiro atoms. The normalized spacial score (nSPS) is 32.7. The van der Waals surface area contributed by atoms with Crippen molar-refractivity contribution >= 4 is 5.97 Å². The second-order valence-electron chi connectivity index (χ2n) is 5.08. The van der Waals surface area contributed by atoms with Crippen LogP contribution in [-0.4, -0.2) is 18.2 Å². The molecule has 3 rings (SSSR count). The lowest BCUT2D eigenvalue weighted by atomic mass is 9.78. The SMILES string of the molecule is COc1ccccc1[C@@H]1[C@@H](C(=O)O)[C@@H]2C=C[C@H]1C2. The van der Waals surface area contributed by atoms with Gasteiger partial charge in [-0.1, -0.05) is 30.4 Å². The first-order chi connectivity index (χ1) is 8.72. The molecule has 2 bridgehead atoms. The van der Waals surface area contributed by atoms with E-state index in [0.717, 1.165) is 17.7 Å². The number of carboxylic acids is 1. The quantitative estimate of drug-likeness (QED) is 0.831. The monoisotopic (exact) mass is 244 g/mol. The highest BCUT2D eigenvalue weighted by atomic mass is 16.5. The molecule has 3 heteroatoms. The van der Waals surface area contributed by atoms with Crippen molar-refractivity contribution in [1.82, 2.24) is 0 Å². The summed E-state index contributed by atoms with van der Waals surface area (Å²) in [5.41, 5.74) is 1.03. The molecular weight excluding hydrogens is 228 g/mol. The molecule has 4 atom stereocenters. The third-order valence-corrected chi connectivity index (χ3v) is 4.24. The minimum atomic E-state index is -0.692. The smallest absolute Gasteiger partial charge is 0.307 e. The first kappa shape index (κ1) is 11.3. The van der Waals surface area contributed by atoms with Crippen molar-refractivity contribution < 1.29 is 14.6 Å². The first-order valence-corrected chi connectivity index (χ1v) is 6.26. The van der Waals surface area contributed by atoms with E-state index < -0.39 is 5.97 Å². The number of carboxylic acid groups (broad SMARTS) is 1. The number of para-hydroxylation sites is 1. The number of carbonyl (C=O) groups is 1. The van der Waals surface area contributed by atoms with Crippen molar-refractivity contribution in [1.29, 1.82) is 0 Å². The van der Waals surface area contributed by atoms with Gasteiger partial charge in [-0.2, -0.15) is 0 Å². The molecule has 0 amide bonds. The number of fused-ring (bicyclic) bond motifs is 2. The van der Waals surface area contributed by atoms with E-state index in [0.29, 0.717) is 5.92 Å². The lowest BCUT2D eigenvalue weighted by molar-refractivity contribution is -0.143. The van der Waals surface area contributed by atoms with Gasteiger partial charge in [-0.05, 0) is 29.9 Å². The van der Waals surface area contributed by atoms with Crippen LogP contribution in [0.15, 0.2) is 36.4 Å². The Balaban J connectivity index is 2.05. The van der Waals surface area contributed by atoms with Gasteiger partial charge in [0, 0.05) is 5.92 Å². The van der Waals surface area contributed by atoms with Gasteiger partial charge in [-0.3, -0.25) is 4.79 Å².